The van der Waals surface area contributed by atoms with Crippen molar-refractivity contribution in [1.29, 1.82) is 0 Å². The van der Waals surface area contributed by atoms with Crippen molar-refractivity contribution in [2.24, 2.45) is 4.99 Å². The number of pyridine rings is 1. The zero-order valence-electron chi connectivity index (χ0n) is 12.3. The van der Waals surface area contributed by atoms with Crippen LogP contribution in [0.5, 0.6) is 5.75 Å². The van der Waals surface area contributed by atoms with Gasteiger partial charge in [0.05, 0.1) is 5.69 Å². The molecule has 1 aromatic heterocycles. The number of phenols is 1. The van der Waals surface area contributed by atoms with Crippen LogP contribution in [0, 0.1) is 0 Å². The van der Waals surface area contributed by atoms with Gasteiger partial charge in [-0.25, -0.2) is 0 Å². The summed E-state index contributed by atoms with van der Waals surface area (Å²) in [4.78, 5) is 8.49. The third-order valence-corrected chi connectivity index (χ3v) is 3.50. The number of nitrogens with zero attached hydrogens (tertiary/aromatic N) is 2. The van der Waals surface area contributed by atoms with E-state index in [9.17, 15) is 5.11 Å². The van der Waals surface area contributed by atoms with E-state index in [1.54, 1.807) is 25.5 Å². The molecule has 0 fully saturated rings. The van der Waals surface area contributed by atoms with E-state index >= 15 is 0 Å². The van der Waals surface area contributed by atoms with Crippen molar-refractivity contribution in [3.63, 3.8) is 0 Å². The van der Waals surface area contributed by atoms with Gasteiger partial charge in [0.15, 0.2) is 0 Å². The van der Waals surface area contributed by atoms with Gasteiger partial charge in [0, 0.05) is 30.6 Å². The summed E-state index contributed by atoms with van der Waals surface area (Å²) in [7, 11) is 1.70. The number of aliphatic imine (C=N–C) groups is 1. The maximum Gasteiger partial charge on any atom is 0.124 e. The number of benzene rings is 2. The predicted molar refractivity (Wildman–Crippen MR) is 90.3 cm³/mol. The van der Waals surface area contributed by atoms with Crippen molar-refractivity contribution in [3.8, 4) is 28.1 Å². The maximum absolute atomic E-state index is 10.1. The van der Waals surface area contributed by atoms with Crippen LogP contribution in [-0.2, 0) is 0 Å². The van der Waals surface area contributed by atoms with Gasteiger partial charge in [-0.1, -0.05) is 42.5 Å². The molecule has 0 radical (unpaired) electrons. The Morgan fingerprint density at radius 2 is 1.59 bits per heavy atom. The van der Waals surface area contributed by atoms with E-state index in [0.717, 1.165) is 22.4 Å². The second kappa shape index (κ2) is 6.22. The molecule has 3 rings (SSSR count). The molecule has 0 spiro atoms. The van der Waals surface area contributed by atoms with Crippen LogP contribution in [0.15, 0.2) is 71.9 Å². The molecule has 0 saturated heterocycles. The van der Waals surface area contributed by atoms with Crippen LogP contribution in [0.2, 0.25) is 0 Å². The fourth-order valence-electron chi connectivity index (χ4n) is 2.52. The van der Waals surface area contributed by atoms with Gasteiger partial charge in [-0.15, -0.1) is 0 Å². The van der Waals surface area contributed by atoms with Crippen molar-refractivity contribution in [2.45, 2.75) is 0 Å². The molecule has 3 aromatic rings. The average Bonchev–Trinajstić information content (AvgIpc) is 2.58. The van der Waals surface area contributed by atoms with E-state index in [4.69, 9.17) is 0 Å². The third kappa shape index (κ3) is 2.61. The van der Waals surface area contributed by atoms with Gasteiger partial charge < -0.3 is 5.11 Å². The minimum atomic E-state index is 0.221. The zero-order chi connectivity index (χ0) is 15.4. The van der Waals surface area contributed by atoms with Crippen LogP contribution in [0.1, 0.15) is 5.56 Å². The summed E-state index contributed by atoms with van der Waals surface area (Å²) in [5, 5.41) is 10.1. The van der Waals surface area contributed by atoms with Gasteiger partial charge in [0.1, 0.15) is 5.75 Å². The molecule has 22 heavy (non-hydrogen) atoms. The van der Waals surface area contributed by atoms with Crippen LogP contribution in [0.3, 0.4) is 0 Å². The maximum atomic E-state index is 10.1. The lowest BCUT2D eigenvalue weighted by Gasteiger charge is -2.12. The van der Waals surface area contributed by atoms with Gasteiger partial charge in [-0.2, -0.15) is 0 Å². The molecule has 0 aliphatic rings. The largest absolute Gasteiger partial charge is 0.507 e. The van der Waals surface area contributed by atoms with Crippen molar-refractivity contribution in [1.82, 2.24) is 4.98 Å². The first-order valence-electron chi connectivity index (χ1n) is 7.06. The smallest absolute Gasteiger partial charge is 0.124 e. The van der Waals surface area contributed by atoms with Crippen molar-refractivity contribution in [3.05, 3.63) is 72.4 Å². The highest BCUT2D eigenvalue weighted by Gasteiger charge is 2.12. The summed E-state index contributed by atoms with van der Waals surface area (Å²) in [6.45, 7) is 0. The molecule has 0 aliphatic carbocycles. The van der Waals surface area contributed by atoms with E-state index in [1.807, 2.05) is 54.6 Å². The minimum Gasteiger partial charge on any atom is -0.507 e. The first kappa shape index (κ1) is 14.0. The SMILES string of the molecule is C/N=C/c1c(O)cccc1-c1ccccc1-c1ccccn1. The molecule has 3 heteroatoms. The van der Waals surface area contributed by atoms with Crippen LogP contribution in [0.25, 0.3) is 22.4 Å². The number of hydrogen-bond donors (Lipinski definition) is 1. The Bertz CT molecular complexity index is 811. The molecule has 2 aromatic carbocycles. The zero-order valence-corrected chi connectivity index (χ0v) is 12.3. The Hall–Kier alpha value is -2.94. The van der Waals surface area contributed by atoms with Gasteiger partial charge in [-0.05, 0) is 29.3 Å². The first-order valence-corrected chi connectivity index (χ1v) is 7.06. The van der Waals surface area contributed by atoms with Gasteiger partial charge in [0.2, 0.25) is 0 Å². The lowest BCUT2D eigenvalue weighted by Crippen LogP contribution is -1.92. The molecule has 108 valence electrons. The summed E-state index contributed by atoms with van der Waals surface area (Å²) in [6.07, 6.45) is 3.46. The predicted octanol–water partition coefficient (Wildman–Crippen LogP) is 4.17. The van der Waals surface area contributed by atoms with Crippen LogP contribution >= 0.6 is 0 Å². The van der Waals surface area contributed by atoms with E-state index in [0.29, 0.717) is 5.56 Å². The molecular formula is C19H16N2O. The van der Waals surface area contributed by atoms with Gasteiger partial charge in [0.25, 0.3) is 0 Å². The summed E-state index contributed by atoms with van der Waals surface area (Å²) in [6, 6.07) is 19.4. The van der Waals surface area contributed by atoms with Crippen LogP contribution in [-0.4, -0.2) is 23.4 Å². The highest BCUT2D eigenvalue weighted by atomic mass is 16.3. The van der Waals surface area contributed by atoms with Gasteiger partial charge in [-0.3, -0.25) is 9.98 Å². The Morgan fingerprint density at radius 3 is 2.32 bits per heavy atom. The monoisotopic (exact) mass is 288 g/mol. The van der Waals surface area contributed by atoms with Crippen molar-refractivity contribution >= 4 is 6.21 Å². The third-order valence-electron chi connectivity index (χ3n) is 3.50. The van der Waals surface area contributed by atoms with E-state index in [1.165, 1.54) is 0 Å². The fourth-order valence-corrected chi connectivity index (χ4v) is 2.52. The molecule has 0 unspecified atom stereocenters. The number of phenolic OH excluding ortho intramolecular Hbond substituents is 1. The second-order valence-electron chi connectivity index (χ2n) is 4.89. The topological polar surface area (TPSA) is 45.5 Å². The minimum absolute atomic E-state index is 0.221. The summed E-state index contributed by atoms with van der Waals surface area (Å²) in [5.74, 6) is 0.221. The molecule has 0 atom stereocenters. The van der Waals surface area contributed by atoms with E-state index in [-0.39, 0.29) is 5.75 Å². The number of hydrogen-bond acceptors (Lipinski definition) is 3. The highest BCUT2D eigenvalue weighted by Crippen LogP contribution is 2.35. The van der Waals surface area contributed by atoms with Crippen LogP contribution < -0.4 is 0 Å². The molecule has 1 heterocycles. The normalized spacial score (nSPS) is 11.0. The number of rotatable bonds is 3. The van der Waals surface area contributed by atoms with Crippen LogP contribution in [0.4, 0.5) is 0 Å². The molecular weight excluding hydrogens is 272 g/mol. The summed E-state index contributed by atoms with van der Waals surface area (Å²) in [5.41, 5.74) is 4.60. The van der Waals surface area contributed by atoms with Crippen molar-refractivity contribution in [2.75, 3.05) is 7.05 Å². The molecule has 0 amide bonds. The molecule has 0 saturated carbocycles. The standard InChI is InChI=1S/C19H16N2O/c1-20-13-17-15(9-6-11-19(17)22)14-7-2-3-8-16(14)18-10-4-5-12-21-18/h2-13,22H,1H3/b20-13+. The Kier molecular flexibility index (Phi) is 3.97. The Morgan fingerprint density at radius 1 is 0.864 bits per heavy atom. The Balaban J connectivity index is 2.25. The fraction of sp³-hybridized carbons (Fsp3) is 0.0526. The van der Waals surface area contributed by atoms with Gasteiger partial charge >= 0.3 is 0 Å². The van der Waals surface area contributed by atoms with E-state index < -0.39 is 0 Å². The second-order valence-corrected chi connectivity index (χ2v) is 4.89. The Labute approximate surface area is 129 Å². The van der Waals surface area contributed by atoms with Crippen molar-refractivity contribution < 1.29 is 5.11 Å². The summed E-state index contributed by atoms with van der Waals surface area (Å²) < 4.78 is 0. The van der Waals surface area contributed by atoms with E-state index in [2.05, 4.69) is 9.98 Å². The molecule has 3 nitrogen and oxygen atoms in total. The lowest BCUT2D eigenvalue weighted by molar-refractivity contribution is 0.475. The molecule has 0 aliphatic heterocycles. The number of aromatic nitrogens is 1. The average molecular weight is 288 g/mol. The molecule has 1 N–H and O–H groups in total. The summed E-state index contributed by atoms with van der Waals surface area (Å²) >= 11 is 0. The number of aromatic hydroxyl groups is 1. The first-order chi connectivity index (χ1) is 10.8. The quantitative estimate of drug-likeness (QED) is 0.735. The highest BCUT2D eigenvalue weighted by molar-refractivity contribution is 5.96. The molecule has 0 bridgehead atoms. The lowest BCUT2D eigenvalue weighted by atomic mass is 9.93.